The Morgan fingerprint density at radius 1 is 0.886 bits per heavy atom. The van der Waals surface area contributed by atoms with Crippen LogP contribution in [0.4, 0.5) is 5.69 Å². The highest BCUT2D eigenvalue weighted by molar-refractivity contribution is 8.02. The molecule has 9 nitrogen and oxygen atoms in total. The first-order valence-electron chi connectivity index (χ1n) is 15.5. The lowest BCUT2D eigenvalue weighted by Gasteiger charge is -2.39. The third-order valence-corrected chi connectivity index (χ3v) is 11.5. The molecule has 5 heterocycles. The average Bonchev–Trinajstić information content (AvgIpc) is 3.38. The Morgan fingerprint density at radius 3 is 2.34 bits per heavy atom. The van der Waals surface area contributed by atoms with E-state index < -0.39 is 28.7 Å². The minimum Gasteiger partial charge on any atom is -0.394 e. The topological polar surface area (TPSA) is 93.6 Å². The Balaban J connectivity index is 1.29. The Hall–Kier alpha value is -3.44. The van der Waals surface area contributed by atoms with E-state index in [9.17, 15) is 19.5 Å². The molecule has 44 heavy (non-hydrogen) atoms. The minimum absolute atomic E-state index is 0.107. The van der Waals surface area contributed by atoms with Crippen molar-refractivity contribution in [2.24, 2.45) is 11.8 Å². The summed E-state index contributed by atoms with van der Waals surface area (Å²) < 4.78 is 4.56. The fourth-order valence-corrected chi connectivity index (χ4v) is 9.61. The highest BCUT2D eigenvalue weighted by Crippen LogP contribution is 2.62. The molecule has 1 unspecified atom stereocenters. The van der Waals surface area contributed by atoms with E-state index in [0.717, 1.165) is 24.3 Å². The van der Waals surface area contributed by atoms with E-state index in [1.54, 1.807) is 21.6 Å². The van der Waals surface area contributed by atoms with Crippen molar-refractivity contribution in [1.29, 1.82) is 0 Å². The maximum Gasteiger partial charge on any atom is 0.247 e. The zero-order valence-corrected chi connectivity index (χ0v) is 25.4. The van der Waals surface area contributed by atoms with Gasteiger partial charge in [0.05, 0.1) is 42.4 Å². The van der Waals surface area contributed by atoms with E-state index >= 15 is 0 Å². The molecule has 0 bridgehead atoms. The number of rotatable bonds is 7. The largest absolute Gasteiger partial charge is 0.394 e. The number of ether oxygens (including phenoxy) is 1. The molecule has 3 fully saturated rings. The maximum absolute atomic E-state index is 14.8. The summed E-state index contributed by atoms with van der Waals surface area (Å²) in [5.74, 6) is -1.88. The highest BCUT2D eigenvalue weighted by Gasteiger charge is 2.71. The second-order valence-electron chi connectivity index (χ2n) is 12.0. The highest BCUT2D eigenvalue weighted by atomic mass is 32.2. The minimum atomic E-state index is -0.945. The summed E-state index contributed by atoms with van der Waals surface area (Å²) in [6.45, 7) is 4.77. The molecule has 3 amide bonds. The predicted octanol–water partition coefficient (Wildman–Crippen LogP) is 2.35. The van der Waals surface area contributed by atoms with Crippen LogP contribution in [0.2, 0.25) is 0 Å². The molecule has 6 atom stereocenters. The summed E-state index contributed by atoms with van der Waals surface area (Å²) in [7, 11) is 0. The van der Waals surface area contributed by atoms with E-state index in [1.807, 2.05) is 83.8 Å². The molecule has 0 saturated carbocycles. The number of hydrogen-bond donors (Lipinski definition) is 1. The lowest BCUT2D eigenvalue weighted by Crippen LogP contribution is -2.55. The van der Waals surface area contributed by atoms with Gasteiger partial charge in [-0.05, 0) is 17.7 Å². The van der Waals surface area contributed by atoms with Gasteiger partial charge in [-0.1, -0.05) is 72.8 Å². The first-order chi connectivity index (χ1) is 21.5. The van der Waals surface area contributed by atoms with E-state index in [-0.39, 0.29) is 29.6 Å². The molecule has 230 valence electrons. The number of amides is 3. The number of aliphatic hydroxyl groups is 1. The summed E-state index contributed by atoms with van der Waals surface area (Å²) in [4.78, 5) is 51.5. The van der Waals surface area contributed by atoms with Gasteiger partial charge in [-0.15, -0.1) is 11.8 Å². The summed E-state index contributed by atoms with van der Waals surface area (Å²) in [6, 6.07) is 17.4. The summed E-state index contributed by atoms with van der Waals surface area (Å²) in [5.41, 5.74) is 1.55. The van der Waals surface area contributed by atoms with Crippen molar-refractivity contribution in [3.8, 4) is 0 Å². The molecule has 5 aliphatic rings. The third-order valence-electron chi connectivity index (χ3n) is 9.73. The first-order valence-corrected chi connectivity index (χ1v) is 16.4. The van der Waals surface area contributed by atoms with E-state index in [1.165, 1.54) is 0 Å². The Kier molecular flexibility index (Phi) is 8.09. The molecule has 7 rings (SSSR count). The van der Waals surface area contributed by atoms with Crippen LogP contribution >= 0.6 is 11.8 Å². The molecule has 5 aliphatic heterocycles. The number of anilines is 1. The standard InChI is InChI=1S/C34H38N4O5S/c39-23-26(24-9-3-1-4-10-24)38-30-33(42)36(18-17-35-19-21-43-22-20-35)15-8-14-34(30)29(32(38)41)28-27(44-34)13-7-16-37(31(28)40)25-11-5-2-6-12-25/h1-14,26-30,39H,15-23H2/t26-,27-,28+,29+,30?,34+/m1/s1. The summed E-state index contributed by atoms with van der Waals surface area (Å²) in [5, 5.41) is 10.5. The Labute approximate surface area is 262 Å². The van der Waals surface area contributed by atoms with E-state index in [0.29, 0.717) is 39.4 Å². The van der Waals surface area contributed by atoms with Crippen LogP contribution in [0.25, 0.3) is 0 Å². The van der Waals surface area contributed by atoms with Gasteiger partial charge < -0.3 is 24.5 Å². The van der Waals surface area contributed by atoms with Gasteiger partial charge in [-0.3, -0.25) is 19.3 Å². The lowest BCUT2D eigenvalue weighted by atomic mass is 9.78. The number of para-hydroxylation sites is 1. The molecule has 1 N–H and O–H groups in total. The second kappa shape index (κ2) is 12.2. The van der Waals surface area contributed by atoms with Crippen LogP contribution in [-0.4, -0.2) is 113 Å². The first kappa shape index (κ1) is 29.3. The van der Waals surface area contributed by atoms with Crippen LogP contribution in [-0.2, 0) is 19.1 Å². The maximum atomic E-state index is 14.8. The SMILES string of the molecule is O=C1C2N([C@H](CO)c3ccccc3)C(=O)[C@@H]3[C@H]4C(=O)N(c5ccccc5)CC=C[C@H]4S[C@]23C=CCN1CCN1CCOCC1. The monoisotopic (exact) mass is 614 g/mol. The van der Waals surface area contributed by atoms with Crippen LogP contribution in [0.15, 0.2) is 85.0 Å². The molecule has 2 aromatic rings. The van der Waals surface area contributed by atoms with Crippen molar-refractivity contribution in [3.05, 3.63) is 90.5 Å². The predicted molar refractivity (Wildman–Crippen MR) is 169 cm³/mol. The molecule has 10 heteroatoms. The van der Waals surface area contributed by atoms with Gasteiger partial charge in [0.25, 0.3) is 0 Å². The molecule has 0 aliphatic carbocycles. The number of carbonyl (C=O) groups excluding carboxylic acids is 3. The van der Waals surface area contributed by atoms with E-state index in [2.05, 4.69) is 11.0 Å². The molecular formula is C34H38N4O5S. The zero-order chi connectivity index (χ0) is 30.3. The number of carbonyl (C=O) groups is 3. The lowest BCUT2D eigenvalue weighted by molar-refractivity contribution is -0.145. The smallest absolute Gasteiger partial charge is 0.247 e. The van der Waals surface area contributed by atoms with Crippen molar-refractivity contribution in [1.82, 2.24) is 14.7 Å². The molecule has 3 saturated heterocycles. The second-order valence-corrected chi connectivity index (χ2v) is 13.5. The van der Waals surface area contributed by atoms with Crippen LogP contribution < -0.4 is 4.90 Å². The number of morpholine rings is 1. The summed E-state index contributed by atoms with van der Waals surface area (Å²) >= 11 is 1.57. The number of thioether (sulfide) groups is 1. The van der Waals surface area contributed by atoms with Gasteiger partial charge in [0.2, 0.25) is 17.7 Å². The molecule has 2 aromatic carbocycles. The van der Waals surface area contributed by atoms with Crippen molar-refractivity contribution in [2.75, 3.05) is 64.0 Å². The van der Waals surface area contributed by atoms with Gasteiger partial charge >= 0.3 is 0 Å². The van der Waals surface area contributed by atoms with Crippen LogP contribution in [0.1, 0.15) is 11.6 Å². The number of likely N-dealkylation sites (tertiary alicyclic amines) is 1. The average molecular weight is 615 g/mol. The normalized spacial score (nSPS) is 31.0. The molecule has 0 radical (unpaired) electrons. The number of nitrogens with zero attached hydrogens (tertiary/aromatic N) is 4. The third kappa shape index (κ3) is 4.88. The number of benzene rings is 2. The zero-order valence-electron chi connectivity index (χ0n) is 24.6. The molecular weight excluding hydrogens is 576 g/mol. The van der Waals surface area contributed by atoms with Crippen LogP contribution in [0.3, 0.4) is 0 Å². The Bertz CT molecular complexity index is 1450. The van der Waals surface area contributed by atoms with Gasteiger partial charge in [0.15, 0.2) is 0 Å². The van der Waals surface area contributed by atoms with Crippen molar-refractivity contribution < 1.29 is 24.2 Å². The van der Waals surface area contributed by atoms with Gasteiger partial charge in [0, 0.05) is 50.2 Å². The number of fused-ring (bicyclic) bond motifs is 2. The molecule has 1 spiro atoms. The van der Waals surface area contributed by atoms with E-state index in [4.69, 9.17) is 4.74 Å². The van der Waals surface area contributed by atoms with Crippen molar-refractivity contribution >= 4 is 35.2 Å². The van der Waals surface area contributed by atoms with Crippen molar-refractivity contribution in [3.63, 3.8) is 0 Å². The number of hydrogen-bond acceptors (Lipinski definition) is 7. The van der Waals surface area contributed by atoms with Crippen LogP contribution in [0, 0.1) is 11.8 Å². The number of aliphatic hydroxyl groups excluding tert-OH is 1. The summed E-state index contributed by atoms with van der Waals surface area (Å²) in [6.07, 6.45) is 8.12. The van der Waals surface area contributed by atoms with Crippen molar-refractivity contribution in [2.45, 2.75) is 22.1 Å². The molecule has 0 aromatic heterocycles. The van der Waals surface area contributed by atoms with Crippen LogP contribution in [0.5, 0.6) is 0 Å². The fraction of sp³-hybridized carbons (Fsp3) is 0.441. The van der Waals surface area contributed by atoms with Gasteiger partial charge in [-0.2, -0.15) is 0 Å². The van der Waals surface area contributed by atoms with Gasteiger partial charge in [-0.25, -0.2) is 0 Å². The Morgan fingerprint density at radius 2 is 1.61 bits per heavy atom. The fourth-order valence-electron chi connectivity index (χ4n) is 7.62. The quantitative estimate of drug-likeness (QED) is 0.479. The van der Waals surface area contributed by atoms with Gasteiger partial charge in [0.1, 0.15) is 6.04 Å².